The molecule has 0 aliphatic heterocycles. The van der Waals surface area contributed by atoms with Gasteiger partial charge in [0.05, 0.1) is 6.04 Å². The Balaban J connectivity index is 1.60. The van der Waals surface area contributed by atoms with E-state index in [2.05, 4.69) is 15.4 Å². The summed E-state index contributed by atoms with van der Waals surface area (Å²) in [7, 11) is 0. The minimum atomic E-state index is 0.0215. The van der Waals surface area contributed by atoms with Crippen LogP contribution in [0.5, 0.6) is 0 Å². The van der Waals surface area contributed by atoms with Crippen molar-refractivity contribution < 1.29 is 4.79 Å². The minimum absolute atomic E-state index is 0.0215. The van der Waals surface area contributed by atoms with E-state index in [-0.39, 0.29) is 11.9 Å². The van der Waals surface area contributed by atoms with Crippen molar-refractivity contribution in [2.45, 2.75) is 38.8 Å². The molecule has 1 amide bonds. The Labute approximate surface area is 118 Å². The number of rotatable bonds is 3. The molecule has 5 nitrogen and oxygen atoms in total. The van der Waals surface area contributed by atoms with Crippen molar-refractivity contribution >= 4 is 5.91 Å². The highest BCUT2D eigenvalue weighted by atomic mass is 16.1. The van der Waals surface area contributed by atoms with E-state index in [1.807, 2.05) is 36.7 Å². The molecule has 20 heavy (non-hydrogen) atoms. The first-order valence-electron chi connectivity index (χ1n) is 6.86. The predicted molar refractivity (Wildman–Crippen MR) is 75.5 cm³/mol. The van der Waals surface area contributed by atoms with Crippen molar-refractivity contribution in [1.82, 2.24) is 20.1 Å². The van der Waals surface area contributed by atoms with Gasteiger partial charge in [0.2, 0.25) is 0 Å². The van der Waals surface area contributed by atoms with Gasteiger partial charge in [-0.15, -0.1) is 0 Å². The van der Waals surface area contributed by atoms with E-state index in [9.17, 15) is 4.79 Å². The van der Waals surface area contributed by atoms with Crippen LogP contribution in [0.3, 0.4) is 0 Å². The Morgan fingerprint density at radius 3 is 2.85 bits per heavy atom. The lowest BCUT2D eigenvalue weighted by Crippen LogP contribution is -2.45. The number of carbonyl (C=O) groups is 1. The van der Waals surface area contributed by atoms with Crippen LogP contribution in [-0.2, 0) is 0 Å². The zero-order valence-corrected chi connectivity index (χ0v) is 11.7. The molecule has 104 valence electrons. The lowest BCUT2D eigenvalue weighted by atomic mass is 9.86. The fourth-order valence-corrected chi connectivity index (χ4v) is 2.59. The number of benzene rings is 1. The number of nitrogens with one attached hydrogen (secondary N) is 1. The zero-order valence-electron chi connectivity index (χ0n) is 11.7. The average Bonchev–Trinajstić information content (AvgIpc) is 2.89. The Morgan fingerprint density at radius 1 is 1.35 bits per heavy atom. The van der Waals surface area contributed by atoms with E-state index < -0.39 is 0 Å². The molecule has 1 saturated carbocycles. The molecule has 0 saturated heterocycles. The smallest absolute Gasteiger partial charge is 0.251 e. The normalized spacial score (nSPS) is 21.3. The van der Waals surface area contributed by atoms with Crippen molar-refractivity contribution in [3.63, 3.8) is 0 Å². The van der Waals surface area contributed by atoms with Crippen LogP contribution in [0.15, 0.2) is 30.9 Å². The van der Waals surface area contributed by atoms with Gasteiger partial charge in [0.25, 0.3) is 5.91 Å². The quantitative estimate of drug-likeness (QED) is 0.928. The van der Waals surface area contributed by atoms with Gasteiger partial charge < -0.3 is 5.32 Å². The first kappa shape index (κ1) is 12.8. The summed E-state index contributed by atoms with van der Waals surface area (Å²) in [6.07, 6.45) is 5.11. The van der Waals surface area contributed by atoms with Crippen LogP contribution in [0.2, 0.25) is 0 Å². The Morgan fingerprint density at radius 2 is 2.15 bits per heavy atom. The van der Waals surface area contributed by atoms with Crippen LogP contribution >= 0.6 is 0 Å². The molecule has 1 aromatic heterocycles. The monoisotopic (exact) mass is 270 g/mol. The summed E-state index contributed by atoms with van der Waals surface area (Å²) in [5.74, 6) is 0.0215. The Hall–Kier alpha value is -2.17. The summed E-state index contributed by atoms with van der Waals surface area (Å²) in [4.78, 5) is 16.2. The van der Waals surface area contributed by atoms with E-state index in [0.29, 0.717) is 6.04 Å². The molecule has 0 radical (unpaired) electrons. The highest BCUT2D eigenvalue weighted by molar-refractivity contribution is 5.96. The molecule has 1 fully saturated rings. The van der Waals surface area contributed by atoms with Crippen molar-refractivity contribution in [3.05, 3.63) is 47.5 Å². The number of nitrogens with zero attached hydrogens (tertiary/aromatic N) is 3. The van der Waals surface area contributed by atoms with Crippen molar-refractivity contribution in [2.75, 3.05) is 0 Å². The standard InChI is InChI=1S/C15H18N4O/c1-10-4-3-5-14(11(10)2)15(20)18-12-6-13(7-12)19-9-16-8-17-19/h3-5,8-9,12-13H,6-7H2,1-2H3,(H,18,20). The average molecular weight is 270 g/mol. The first-order chi connectivity index (χ1) is 9.65. The third-order valence-electron chi connectivity index (χ3n) is 4.11. The van der Waals surface area contributed by atoms with Crippen molar-refractivity contribution in [1.29, 1.82) is 0 Å². The summed E-state index contributed by atoms with van der Waals surface area (Å²) < 4.78 is 1.86. The molecule has 2 aromatic rings. The highest BCUT2D eigenvalue weighted by Gasteiger charge is 2.32. The van der Waals surface area contributed by atoms with Crippen LogP contribution in [0, 0.1) is 13.8 Å². The molecule has 3 rings (SSSR count). The van der Waals surface area contributed by atoms with Crippen LogP contribution in [0.4, 0.5) is 0 Å². The second-order valence-corrected chi connectivity index (χ2v) is 5.42. The number of aryl methyl sites for hydroxylation is 1. The van der Waals surface area contributed by atoms with Gasteiger partial charge in [-0.3, -0.25) is 4.79 Å². The second-order valence-electron chi connectivity index (χ2n) is 5.42. The number of hydrogen-bond donors (Lipinski definition) is 1. The van der Waals surface area contributed by atoms with E-state index in [0.717, 1.165) is 29.5 Å². The fraction of sp³-hybridized carbons (Fsp3) is 0.400. The lowest BCUT2D eigenvalue weighted by molar-refractivity contribution is 0.0887. The molecular weight excluding hydrogens is 252 g/mol. The Bertz CT molecular complexity index is 615. The van der Waals surface area contributed by atoms with Crippen molar-refractivity contribution in [3.8, 4) is 0 Å². The molecule has 1 N–H and O–H groups in total. The van der Waals surface area contributed by atoms with Crippen molar-refractivity contribution in [2.24, 2.45) is 0 Å². The maximum Gasteiger partial charge on any atom is 0.251 e. The zero-order chi connectivity index (χ0) is 14.1. The van der Waals surface area contributed by atoms with Crippen LogP contribution in [-0.4, -0.2) is 26.7 Å². The fourth-order valence-electron chi connectivity index (χ4n) is 2.59. The minimum Gasteiger partial charge on any atom is -0.349 e. The van der Waals surface area contributed by atoms with Gasteiger partial charge in [-0.25, -0.2) is 9.67 Å². The molecule has 1 aliphatic carbocycles. The van der Waals surface area contributed by atoms with E-state index >= 15 is 0 Å². The molecule has 0 unspecified atom stereocenters. The van der Waals surface area contributed by atoms with E-state index in [1.54, 1.807) is 12.7 Å². The van der Waals surface area contributed by atoms with E-state index in [1.165, 1.54) is 0 Å². The summed E-state index contributed by atoms with van der Waals surface area (Å²) in [6.45, 7) is 4.01. The topological polar surface area (TPSA) is 59.8 Å². The summed E-state index contributed by atoms with van der Waals surface area (Å²) in [5.41, 5.74) is 2.97. The van der Waals surface area contributed by atoms with Gasteiger partial charge in [0.1, 0.15) is 12.7 Å². The molecule has 0 spiro atoms. The lowest BCUT2D eigenvalue weighted by Gasteiger charge is -2.35. The van der Waals surface area contributed by atoms with Crippen LogP contribution < -0.4 is 5.32 Å². The van der Waals surface area contributed by atoms with Gasteiger partial charge in [-0.1, -0.05) is 12.1 Å². The number of aromatic nitrogens is 3. The van der Waals surface area contributed by atoms with E-state index in [4.69, 9.17) is 0 Å². The van der Waals surface area contributed by atoms with Crippen LogP contribution in [0.25, 0.3) is 0 Å². The van der Waals surface area contributed by atoms with Gasteiger partial charge in [0, 0.05) is 11.6 Å². The maximum atomic E-state index is 12.3. The Kier molecular flexibility index (Phi) is 3.26. The largest absolute Gasteiger partial charge is 0.349 e. The van der Waals surface area contributed by atoms with Gasteiger partial charge in [0.15, 0.2) is 0 Å². The summed E-state index contributed by atoms with van der Waals surface area (Å²) in [6, 6.07) is 6.43. The molecule has 5 heteroatoms. The summed E-state index contributed by atoms with van der Waals surface area (Å²) >= 11 is 0. The first-order valence-corrected chi connectivity index (χ1v) is 6.86. The van der Waals surface area contributed by atoms with Gasteiger partial charge in [-0.05, 0) is 43.9 Å². The number of carbonyl (C=O) groups excluding carboxylic acids is 1. The summed E-state index contributed by atoms with van der Waals surface area (Å²) in [5, 5.41) is 7.22. The molecular formula is C15H18N4O. The maximum absolute atomic E-state index is 12.3. The predicted octanol–water partition coefficient (Wildman–Crippen LogP) is 2.03. The molecule has 0 bridgehead atoms. The second kappa shape index (κ2) is 5.07. The van der Waals surface area contributed by atoms with Crippen LogP contribution in [0.1, 0.15) is 40.4 Å². The molecule has 1 aliphatic rings. The molecule has 1 aromatic carbocycles. The molecule has 1 heterocycles. The van der Waals surface area contributed by atoms with Gasteiger partial charge >= 0.3 is 0 Å². The third kappa shape index (κ3) is 2.31. The molecule has 0 atom stereocenters. The highest BCUT2D eigenvalue weighted by Crippen LogP contribution is 2.31. The SMILES string of the molecule is Cc1cccc(C(=O)NC2CC(n3cncn3)C2)c1C. The van der Waals surface area contributed by atoms with Gasteiger partial charge in [-0.2, -0.15) is 5.10 Å². The number of amides is 1. The number of hydrogen-bond acceptors (Lipinski definition) is 3. The third-order valence-corrected chi connectivity index (χ3v) is 4.11.